The van der Waals surface area contributed by atoms with Crippen LogP contribution >= 0.6 is 11.6 Å². The average molecular weight is 423 g/mol. The Morgan fingerprint density at radius 2 is 1.68 bits per heavy atom. The van der Waals surface area contributed by atoms with Gasteiger partial charge in [-0.25, -0.2) is 5.01 Å². The molecule has 156 valence electrons. The van der Waals surface area contributed by atoms with E-state index in [1.54, 1.807) is 6.92 Å². The third kappa shape index (κ3) is 6.49. The van der Waals surface area contributed by atoms with Crippen molar-refractivity contribution in [2.75, 3.05) is 0 Å². The Hall–Kier alpha value is -1.59. The topological polar surface area (TPSA) is 41.9 Å². The Morgan fingerprint density at radius 3 is 2.07 bits per heavy atom. The van der Waals surface area contributed by atoms with Crippen molar-refractivity contribution in [3.8, 4) is 0 Å². The molecular weight excluding hydrogens is 388 g/mol. The Bertz CT molecular complexity index is 698. The van der Waals surface area contributed by atoms with E-state index >= 15 is 0 Å². The quantitative estimate of drug-likeness (QED) is 0.190. The Balaban J connectivity index is 2.86. The van der Waals surface area contributed by atoms with Gasteiger partial charge in [0.1, 0.15) is 17.4 Å². The van der Waals surface area contributed by atoms with Gasteiger partial charge in [-0.05, 0) is 44.3 Å². The number of ether oxygens (including phenoxy) is 1. The summed E-state index contributed by atoms with van der Waals surface area (Å²) in [5, 5.41) is 6.56. The van der Waals surface area contributed by atoms with Crippen molar-refractivity contribution in [3.63, 3.8) is 0 Å². The normalized spacial score (nSPS) is 13.0. The van der Waals surface area contributed by atoms with Gasteiger partial charge in [-0.2, -0.15) is 5.10 Å². The van der Waals surface area contributed by atoms with E-state index in [2.05, 4.69) is 63.8 Å². The van der Waals surface area contributed by atoms with Crippen LogP contribution in [0, 0.1) is 0 Å². The first-order valence-corrected chi connectivity index (χ1v) is 12.1. The van der Waals surface area contributed by atoms with Crippen LogP contribution in [0.5, 0.6) is 0 Å². The summed E-state index contributed by atoms with van der Waals surface area (Å²) >= 11 is 6.25. The van der Waals surface area contributed by atoms with Crippen molar-refractivity contribution in [1.82, 2.24) is 5.01 Å². The number of allylic oxidation sites excluding steroid dienone is 1. The molecule has 0 aromatic heterocycles. The predicted molar refractivity (Wildman–Crippen MR) is 123 cm³/mol. The second-order valence-electron chi connectivity index (χ2n) is 8.84. The molecular formula is C22H35ClN2O2Si. The number of carbonyl (C=O) groups excluding carboxylic acids is 1. The van der Waals surface area contributed by atoms with E-state index in [1.165, 1.54) is 10.2 Å². The summed E-state index contributed by atoms with van der Waals surface area (Å²) in [5.41, 5.74) is 1.99. The van der Waals surface area contributed by atoms with Gasteiger partial charge in [0.2, 0.25) is 0 Å². The van der Waals surface area contributed by atoms with Crippen molar-refractivity contribution in [2.24, 2.45) is 5.10 Å². The summed E-state index contributed by atoms with van der Waals surface area (Å²) in [5.74, 6) is -0.0371. The zero-order valence-electron chi connectivity index (χ0n) is 18.5. The fraction of sp³-hybridized carbons (Fsp3) is 0.545. The van der Waals surface area contributed by atoms with Gasteiger partial charge in [0, 0.05) is 6.72 Å². The lowest BCUT2D eigenvalue weighted by atomic mass is 10.1. The summed E-state index contributed by atoms with van der Waals surface area (Å²) in [7, 11) is -0.998. The van der Waals surface area contributed by atoms with Gasteiger partial charge in [0.25, 0.3) is 5.91 Å². The van der Waals surface area contributed by atoms with Crippen LogP contribution in [0.15, 0.2) is 40.2 Å². The second-order valence-corrected chi connectivity index (χ2v) is 13.6. The van der Waals surface area contributed by atoms with Gasteiger partial charge in [-0.3, -0.25) is 4.79 Å². The summed E-state index contributed by atoms with van der Waals surface area (Å²) < 4.78 is 5.76. The highest BCUT2D eigenvalue weighted by Crippen LogP contribution is 2.23. The fourth-order valence-electron chi connectivity index (χ4n) is 3.46. The molecule has 1 aromatic carbocycles. The van der Waals surface area contributed by atoms with E-state index in [4.69, 9.17) is 16.3 Å². The van der Waals surface area contributed by atoms with Gasteiger partial charge in [0.05, 0.1) is 14.3 Å². The minimum Gasteiger partial charge on any atom is -0.492 e. The highest BCUT2D eigenvalue weighted by Gasteiger charge is 2.29. The number of carbonyl (C=O) groups is 1. The van der Waals surface area contributed by atoms with Crippen LogP contribution in [0.2, 0.25) is 11.1 Å². The highest BCUT2D eigenvalue weighted by atomic mass is 35.5. The fourth-order valence-corrected chi connectivity index (χ4v) is 7.31. The molecule has 1 aromatic rings. The molecule has 1 rings (SSSR count). The molecule has 0 N–H and O–H groups in total. The summed E-state index contributed by atoms with van der Waals surface area (Å²) in [6.07, 6.45) is 0. The molecule has 1 amide bonds. The van der Waals surface area contributed by atoms with Crippen molar-refractivity contribution >= 4 is 38.2 Å². The van der Waals surface area contributed by atoms with E-state index in [1.807, 2.05) is 20.8 Å². The predicted octanol–water partition coefficient (Wildman–Crippen LogP) is 5.17. The molecule has 0 aliphatic rings. The van der Waals surface area contributed by atoms with E-state index in [0.29, 0.717) is 12.4 Å². The van der Waals surface area contributed by atoms with Crippen LogP contribution in [0.4, 0.5) is 0 Å². The molecule has 6 heteroatoms. The number of nitrogens with zero attached hydrogens (tertiary/aromatic N) is 2. The molecule has 0 saturated heterocycles. The number of hydrazone groups is 1. The molecule has 0 heterocycles. The monoisotopic (exact) mass is 422 g/mol. The zero-order chi connectivity index (χ0) is 21.6. The van der Waals surface area contributed by atoms with Crippen LogP contribution in [0.1, 0.15) is 61.0 Å². The first-order chi connectivity index (χ1) is 12.9. The molecule has 0 aliphatic heterocycles. The zero-order valence-corrected chi connectivity index (χ0v) is 20.5. The molecule has 0 atom stereocenters. The average Bonchev–Trinajstić information content (AvgIpc) is 2.58. The maximum absolute atomic E-state index is 12.5. The molecule has 0 bridgehead atoms. The van der Waals surface area contributed by atoms with Crippen LogP contribution in [0.25, 0.3) is 0 Å². The standard InChI is InChI=1S/C22H35ClN2O2Si/c1-15(2)28(16(3)4)19-12-10-18(11-13-19)14-27-17(5)20(23)21(26)25(24-9)22(6,7)8/h10-13,15-16,28H,9,14H2,1-8H3/b20-17-. The first kappa shape index (κ1) is 24.4. The van der Waals surface area contributed by atoms with Crippen LogP contribution in [0.3, 0.4) is 0 Å². The minimum atomic E-state index is -0.998. The lowest BCUT2D eigenvalue weighted by molar-refractivity contribution is -0.131. The maximum atomic E-state index is 12.5. The number of rotatable bonds is 8. The molecule has 28 heavy (non-hydrogen) atoms. The molecule has 0 unspecified atom stereocenters. The molecule has 0 spiro atoms. The molecule has 0 saturated carbocycles. The van der Waals surface area contributed by atoms with Gasteiger partial charge in [-0.1, -0.05) is 68.7 Å². The lowest BCUT2D eigenvalue weighted by Gasteiger charge is -2.30. The van der Waals surface area contributed by atoms with Crippen LogP contribution < -0.4 is 5.19 Å². The third-order valence-electron chi connectivity index (χ3n) is 4.72. The molecule has 0 aliphatic carbocycles. The molecule has 0 radical (unpaired) electrons. The summed E-state index contributed by atoms with van der Waals surface area (Å²) in [4.78, 5) is 12.5. The number of benzene rings is 1. The van der Waals surface area contributed by atoms with Crippen molar-refractivity contribution in [1.29, 1.82) is 0 Å². The largest absolute Gasteiger partial charge is 0.492 e. The summed E-state index contributed by atoms with van der Waals surface area (Å²) in [6.45, 7) is 20.4. The SMILES string of the molecule is C=NN(C(=O)/C(Cl)=C(\C)OCc1ccc([SiH](C(C)C)C(C)C)cc1)C(C)(C)C. The third-order valence-corrected chi connectivity index (χ3v) is 9.18. The number of amides is 1. The van der Waals surface area contributed by atoms with E-state index in [0.717, 1.165) is 16.6 Å². The first-order valence-electron chi connectivity index (χ1n) is 9.79. The molecule has 0 fully saturated rings. The van der Waals surface area contributed by atoms with E-state index < -0.39 is 20.2 Å². The van der Waals surface area contributed by atoms with Gasteiger partial charge >= 0.3 is 0 Å². The van der Waals surface area contributed by atoms with Gasteiger partial charge < -0.3 is 4.74 Å². The van der Waals surface area contributed by atoms with Gasteiger partial charge in [0.15, 0.2) is 0 Å². The van der Waals surface area contributed by atoms with Crippen LogP contribution in [-0.2, 0) is 16.1 Å². The Morgan fingerprint density at radius 1 is 1.18 bits per heavy atom. The minimum absolute atomic E-state index is 0.0195. The van der Waals surface area contributed by atoms with Crippen molar-refractivity contribution in [2.45, 2.75) is 78.6 Å². The van der Waals surface area contributed by atoms with Gasteiger partial charge in [-0.15, -0.1) is 0 Å². The van der Waals surface area contributed by atoms with Crippen LogP contribution in [-0.4, -0.2) is 32.0 Å². The Kier molecular flexibility index (Phi) is 8.96. The van der Waals surface area contributed by atoms with E-state index in [-0.39, 0.29) is 5.03 Å². The summed E-state index contributed by atoms with van der Waals surface area (Å²) in [6, 6.07) is 8.67. The molecule has 4 nitrogen and oxygen atoms in total. The maximum Gasteiger partial charge on any atom is 0.289 e. The second kappa shape index (κ2) is 10.3. The smallest absolute Gasteiger partial charge is 0.289 e. The van der Waals surface area contributed by atoms with Crippen molar-refractivity contribution in [3.05, 3.63) is 40.6 Å². The lowest BCUT2D eigenvalue weighted by Crippen LogP contribution is -2.41. The number of halogens is 1. The Labute approximate surface area is 177 Å². The highest BCUT2D eigenvalue weighted by molar-refractivity contribution is 6.75. The number of hydrogen-bond donors (Lipinski definition) is 0. The van der Waals surface area contributed by atoms with E-state index in [9.17, 15) is 4.79 Å². The van der Waals surface area contributed by atoms with Crippen molar-refractivity contribution < 1.29 is 9.53 Å². The number of hydrogen-bond acceptors (Lipinski definition) is 3.